The molecule has 9 nitrogen and oxygen atoms in total. The first kappa shape index (κ1) is 20.0. The van der Waals surface area contributed by atoms with Crippen LogP contribution in [0.1, 0.15) is 28.0 Å². The minimum absolute atomic E-state index is 0.121. The molecule has 0 aliphatic heterocycles. The Hall–Kier alpha value is -2.76. The van der Waals surface area contributed by atoms with Crippen LogP contribution in [0.15, 0.2) is 35.7 Å². The van der Waals surface area contributed by atoms with Gasteiger partial charge in [0.1, 0.15) is 0 Å². The molecule has 0 bridgehead atoms. The normalized spacial score (nSPS) is 12.5. The van der Waals surface area contributed by atoms with Gasteiger partial charge in [0.15, 0.2) is 0 Å². The Morgan fingerprint density at radius 3 is 2.43 bits per heavy atom. The van der Waals surface area contributed by atoms with E-state index in [1.54, 1.807) is 31.2 Å². The van der Waals surface area contributed by atoms with Crippen molar-refractivity contribution < 1.29 is 18.1 Å². The number of aryl methyl sites for hydroxylation is 2. The quantitative estimate of drug-likeness (QED) is 0.427. The lowest BCUT2D eigenvalue weighted by Gasteiger charge is -2.18. The van der Waals surface area contributed by atoms with E-state index >= 15 is 0 Å². The SMILES string of the molecule is Cc1cc(O)nc(N[C@@H](Cc2ccc(NS(=O)(=O)O)cc2)c2csc(C)n2)n1. The van der Waals surface area contributed by atoms with Crippen molar-refractivity contribution in [1.29, 1.82) is 0 Å². The molecular formula is C17H19N5O4S2. The average Bonchev–Trinajstić information content (AvgIpc) is 3.00. The monoisotopic (exact) mass is 421 g/mol. The number of aromatic hydroxyl groups is 1. The summed E-state index contributed by atoms with van der Waals surface area (Å²) in [5.41, 5.74) is 2.60. The molecule has 3 rings (SSSR count). The molecule has 0 spiro atoms. The van der Waals surface area contributed by atoms with Gasteiger partial charge in [-0.05, 0) is 38.0 Å². The van der Waals surface area contributed by atoms with Crippen molar-refractivity contribution in [2.24, 2.45) is 0 Å². The fourth-order valence-corrected chi connectivity index (χ4v) is 3.74. The second-order valence-electron chi connectivity index (χ2n) is 6.16. The number of nitrogens with zero attached hydrogens (tertiary/aromatic N) is 3. The third kappa shape index (κ3) is 5.62. The summed E-state index contributed by atoms with van der Waals surface area (Å²) in [6.07, 6.45) is 0.521. The molecule has 148 valence electrons. The smallest absolute Gasteiger partial charge is 0.357 e. The highest BCUT2D eigenvalue weighted by molar-refractivity contribution is 7.87. The molecule has 2 heterocycles. The van der Waals surface area contributed by atoms with Crippen molar-refractivity contribution in [3.05, 3.63) is 57.7 Å². The molecule has 0 saturated carbocycles. The second kappa shape index (κ2) is 8.09. The van der Waals surface area contributed by atoms with Crippen LogP contribution >= 0.6 is 11.3 Å². The first-order valence-electron chi connectivity index (χ1n) is 8.25. The largest absolute Gasteiger partial charge is 0.493 e. The fourth-order valence-electron chi connectivity index (χ4n) is 2.64. The third-order valence-electron chi connectivity index (χ3n) is 3.78. The molecular weight excluding hydrogens is 402 g/mol. The van der Waals surface area contributed by atoms with Crippen molar-refractivity contribution >= 4 is 33.3 Å². The maximum atomic E-state index is 10.9. The summed E-state index contributed by atoms with van der Waals surface area (Å²) in [4.78, 5) is 12.8. The number of thiazole rings is 1. The number of nitrogens with one attached hydrogen (secondary N) is 2. The Morgan fingerprint density at radius 1 is 1.14 bits per heavy atom. The first-order chi connectivity index (χ1) is 13.2. The highest BCUT2D eigenvalue weighted by Crippen LogP contribution is 2.25. The molecule has 1 aromatic carbocycles. The van der Waals surface area contributed by atoms with Gasteiger partial charge >= 0.3 is 10.3 Å². The lowest BCUT2D eigenvalue weighted by Crippen LogP contribution is -2.16. The minimum atomic E-state index is -4.31. The molecule has 1 atom stereocenters. The molecule has 0 unspecified atom stereocenters. The minimum Gasteiger partial charge on any atom is -0.493 e. The Balaban J connectivity index is 1.83. The molecule has 0 amide bonds. The van der Waals surface area contributed by atoms with Crippen LogP contribution in [-0.2, 0) is 16.7 Å². The Labute approximate surface area is 166 Å². The Kier molecular flexibility index (Phi) is 5.77. The van der Waals surface area contributed by atoms with Crippen LogP contribution in [0.5, 0.6) is 5.88 Å². The molecule has 2 aromatic heterocycles. The van der Waals surface area contributed by atoms with E-state index in [0.717, 1.165) is 16.3 Å². The van der Waals surface area contributed by atoms with Crippen LogP contribution in [0.3, 0.4) is 0 Å². The fraction of sp³-hybridized carbons (Fsp3) is 0.235. The Bertz CT molecular complexity index is 1050. The summed E-state index contributed by atoms with van der Waals surface area (Å²) in [7, 11) is -4.31. The van der Waals surface area contributed by atoms with Crippen LogP contribution < -0.4 is 10.0 Å². The zero-order valence-electron chi connectivity index (χ0n) is 15.1. The zero-order chi connectivity index (χ0) is 20.3. The van der Waals surface area contributed by atoms with E-state index in [2.05, 4.69) is 20.3 Å². The van der Waals surface area contributed by atoms with Gasteiger partial charge in [-0.3, -0.25) is 9.27 Å². The third-order valence-corrected chi connectivity index (χ3v) is 5.06. The topological polar surface area (TPSA) is 137 Å². The lowest BCUT2D eigenvalue weighted by atomic mass is 10.0. The highest BCUT2D eigenvalue weighted by atomic mass is 32.2. The molecule has 4 N–H and O–H groups in total. The summed E-state index contributed by atoms with van der Waals surface area (Å²) >= 11 is 1.52. The average molecular weight is 422 g/mol. The number of hydrogen-bond donors (Lipinski definition) is 4. The van der Waals surface area contributed by atoms with Crippen molar-refractivity contribution in [3.8, 4) is 5.88 Å². The summed E-state index contributed by atoms with van der Waals surface area (Å²) in [5.74, 6) is 0.168. The predicted molar refractivity (Wildman–Crippen MR) is 107 cm³/mol. The number of aromatic nitrogens is 3. The molecule has 11 heteroatoms. The Morgan fingerprint density at radius 2 is 1.86 bits per heavy atom. The van der Waals surface area contributed by atoms with Gasteiger partial charge in [-0.2, -0.15) is 13.4 Å². The van der Waals surface area contributed by atoms with E-state index in [1.165, 1.54) is 17.4 Å². The summed E-state index contributed by atoms with van der Waals surface area (Å²) in [6.45, 7) is 3.67. The number of benzene rings is 1. The van der Waals surface area contributed by atoms with Gasteiger partial charge in [-0.1, -0.05) is 12.1 Å². The van der Waals surface area contributed by atoms with Gasteiger partial charge in [0, 0.05) is 17.1 Å². The van der Waals surface area contributed by atoms with Crippen LogP contribution in [0.2, 0.25) is 0 Å². The van der Waals surface area contributed by atoms with Gasteiger partial charge in [0.2, 0.25) is 11.8 Å². The van der Waals surface area contributed by atoms with Crippen molar-refractivity contribution in [1.82, 2.24) is 15.0 Å². The second-order valence-corrected chi connectivity index (χ2v) is 8.37. The van der Waals surface area contributed by atoms with Crippen molar-refractivity contribution in [3.63, 3.8) is 0 Å². The molecule has 3 aromatic rings. The van der Waals surface area contributed by atoms with Crippen LogP contribution in [0, 0.1) is 13.8 Å². The van der Waals surface area contributed by atoms with E-state index in [0.29, 0.717) is 12.1 Å². The molecule has 0 saturated heterocycles. The highest BCUT2D eigenvalue weighted by Gasteiger charge is 2.17. The lowest BCUT2D eigenvalue weighted by molar-refractivity contribution is 0.451. The maximum absolute atomic E-state index is 10.9. The molecule has 0 fully saturated rings. The maximum Gasteiger partial charge on any atom is 0.357 e. The summed E-state index contributed by atoms with van der Waals surface area (Å²) < 4.78 is 32.7. The van der Waals surface area contributed by atoms with E-state index < -0.39 is 10.3 Å². The van der Waals surface area contributed by atoms with E-state index in [1.807, 2.05) is 17.0 Å². The van der Waals surface area contributed by atoms with Gasteiger partial charge in [0.25, 0.3) is 0 Å². The van der Waals surface area contributed by atoms with Crippen molar-refractivity contribution in [2.45, 2.75) is 26.3 Å². The van der Waals surface area contributed by atoms with Crippen LogP contribution in [0.4, 0.5) is 11.6 Å². The van der Waals surface area contributed by atoms with E-state index in [9.17, 15) is 13.5 Å². The number of rotatable bonds is 7. The van der Waals surface area contributed by atoms with Crippen LogP contribution in [-0.4, -0.2) is 33.0 Å². The first-order valence-corrected chi connectivity index (χ1v) is 10.6. The molecule has 0 radical (unpaired) electrons. The van der Waals surface area contributed by atoms with E-state index in [-0.39, 0.29) is 23.6 Å². The van der Waals surface area contributed by atoms with Crippen LogP contribution in [0.25, 0.3) is 0 Å². The van der Waals surface area contributed by atoms with Gasteiger partial charge in [0.05, 0.1) is 22.4 Å². The predicted octanol–water partition coefficient (Wildman–Crippen LogP) is 2.87. The van der Waals surface area contributed by atoms with Crippen molar-refractivity contribution in [2.75, 3.05) is 10.0 Å². The zero-order valence-corrected chi connectivity index (χ0v) is 16.8. The van der Waals surface area contributed by atoms with Gasteiger partial charge in [-0.15, -0.1) is 11.3 Å². The van der Waals surface area contributed by atoms with Gasteiger partial charge in [-0.25, -0.2) is 9.97 Å². The molecule has 0 aliphatic rings. The van der Waals surface area contributed by atoms with E-state index in [4.69, 9.17) is 4.55 Å². The standard InChI is InChI=1S/C17H19N5O4S2/c1-10-7-16(23)21-17(18-10)20-14(15-9-27-11(2)19-15)8-12-3-5-13(6-4-12)22-28(24,25)26/h3-7,9,14,22H,8H2,1-2H3,(H,24,25,26)(H2,18,20,21,23)/t14-/m0/s1. The van der Waals surface area contributed by atoms with Gasteiger partial charge < -0.3 is 10.4 Å². The molecule has 28 heavy (non-hydrogen) atoms. The molecule has 0 aliphatic carbocycles. The summed E-state index contributed by atoms with van der Waals surface area (Å²) in [5, 5.41) is 15.8. The summed E-state index contributed by atoms with van der Waals surface area (Å²) in [6, 6.07) is 7.81. The number of anilines is 2. The number of hydrogen-bond acceptors (Lipinski definition) is 8.